The average molecular weight is 504 g/mol. The Hall–Kier alpha value is -4.24. The Morgan fingerprint density at radius 2 is 1.61 bits per heavy atom. The fraction of sp³-hybridized carbons (Fsp3) is 0.185. The lowest BCUT2D eigenvalue weighted by molar-refractivity contribution is -0.130. The Morgan fingerprint density at radius 1 is 0.889 bits per heavy atom. The van der Waals surface area contributed by atoms with Gasteiger partial charge in [0.1, 0.15) is 11.0 Å². The van der Waals surface area contributed by atoms with Crippen LogP contribution in [0.4, 0.5) is 5.69 Å². The summed E-state index contributed by atoms with van der Waals surface area (Å²) in [6.07, 6.45) is 0.115. The number of carboxylic acid groups (broad SMARTS) is 1. The van der Waals surface area contributed by atoms with E-state index in [9.17, 15) is 14.7 Å². The van der Waals surface area contributed by atoms with Gasteiger partial charge in [-0.05, 0) is 53.6 Å². The lowest BCUT2D eigenvalue weighted by Gasteiger charge is -2.16. The van der Waals surface area contributed by atoms with E-state index in [-0.39, 0.29) is 17.6 Å². The zero-order chi connectivity index (χ0) is 25.8. The van der Waals surface area contributed by atoms with E-state index in [0.29, 0.717) is 33.7 Å². The molecule has 9 heteroatoms. The minimum absolute atomic E-state index is 0.0834. The first kappa shape index (κ1) is 24.9. The van der Waals surface area contributed by atoms with E-state index in [1.54, 1.807) is 36.4 Å². The molecule has 0 unspecified atom stereocenters. The number of carbonyl (C=O) groups excluding carboxylic acids is 1. The molecule has 0 fully saturated rings. The van der Waals surface area contributed by atoms with Gasteiger partial charge >= 0.3 is 5.97 Å². The zero-order valence-corrected chi connectivity index (χ0v) is 21.1. The normalized spacial score (nSPS) is 11.7. The molecule has 0 spiro atoms. The summed E-state index contributed by atoms with van der Waals surface area (Å²) in [4.78, 5) is 28.5. The van der Waals surface area contributed by atoms with Crippen LogP contribution >= 0.6 is 11.7 Å². The minimum atomic E-state index is -1.20. The van der Waals surface area contributed by atoms with Crippen LogP contribution in [0.3, 0.4) is 0 Å². The molecule has 0 amide bonds. The largest absolute Gasteiger partial charge is 0.493 e. The van der Waals surface area contributed by atoms with E-state index in [4.69, 9.17) is 9.47 Å². The van der Waals surface area contributed by atoms with Gasteiger partial charge in [-0.25, -0.2) is 4.79 Å². The highest BCUT2D eigenvalue weighted by atomic mass is 32.1. The number of benzene rings is 3. The smallest absolute Gasteiger partial charge is 0.336 e. The Kier molecular flexibility index (Phi) is 7.30. The summed E-state index contributed by atoms with van der Waals surface area (Å²) in [5.74, 6) is -0.771. The predicted octanol–water partition coefficient (Wildman–Crippen LogP) is 4.74. The number of allylic oxidation sites excluding steroid dienone is 1. The first-order valence-corrected chi connectivity index (χ1v) is 11.8. The number of aromatic nitrogens is 2. The first-order chi connectivity index (χ1) is 17.3. The predicted molar refractivity (Wildman–Crippen MR) is 140 cm³/mol. The molecule has 0 aliphatic heterocycles. The number of hydrogen-bond acceptors (Lipinski definition) is 8. The van der Waals surface area contributed by atoms with Crippen molar-refractivity contribution >= 4 is 45.8 Å². The van der Waals surface area contributed by atoms with Crippen molar-refractivity contribution in [1.82, 2.24) is 8.75 Å². The van der Waals surface area contributed by atoms with E-state index in [2.05, 4.69) is 8.75 Å². The van der Waals surface area contributed by atoms with Gasteiger partial charge < -0.3 is 19.5 Å². The number of Topliss-reactive ketones (excluding diaryl/α,β-unsaturated/α-hetero) is 1. The number of ketones is 1. The third-order valence-corrected chi connectivity index (χ3v) is 6.34. The lowest BCUT2D eigenvalue weighted by Crippen LogP contribution is -2.15. The molecule has 0 aliphatic carbocycles. The molecule has 0 bridgehead atoms. The van der Waals surface area contributed by atoms with Crippen LogP contribution in [-0.2, 0) is 11.2 Å². The summed E-state index contributed by atoms with van der Waals surface area (Å²) in [5.41, 5.74) is 3.73. The van der Waals surface area contributed by atoms with Gasteiger partial charge in [0, 0.05) is 37.3 Å². The molecule has 184 valence electrons. The number of carbonyl (C=O) groups is 2. The van der Waals surface area contributed by atoms with Crippen molar-refractivity contribution < 1.29 is 24.2 Å². The second-order valence-electron chi connectivity index (χ2n) is 8.27. The van der Waals surface area contributed by atoms with Gasteiger partial charge in [-0.2, -0.15) is 8.75 Å². The SMILES string of the molecule is COc1ccc(C(=O)C(Cc2cccc(N(C)C)c2)=C(C(=O)O)c2ccc3nsnc3c2)cc1OC. The van der Waals surface area contributed by atoms with Crippen LogP contribution in [0.1, 0.15) is 21.5 Å². The van der Waals surface area contributed by atoms with E-state index < -0.39 is 11.8 Å². The third-order valence-electron chi connectivity index (χ3n) is 5.79. The monoisotopic (exact) mass is 503 g/mol. The van der Waals surface area contributed by atoms with E-state index in [1.165, 1.54) is 14.2 Å². The van der Waals surface area contributed by atoms with Gasteiger partial charge in [-0.15, -0.1) is 0 Å². The van der Waals surface area contributed by atoms with Gasteiger partial charge in [-0.3, -0.25) is 4.79 Å². The molecule has 4 rings (SSSR count). The third kappa shape index (κ3) is 5.06. The molecular formula is C27H25N3O5S. The number of carboxylic acids is 1. The van der Waals surface area contributed by atoms with Gasteiger partial charge in [-0.1, -0.05) is 18.2 Å². The van der Waals surface area contributed by atoms with Crippen LogP contribution in [0, 0.1) is 0 Å². The molecule has 0 aliphatic rings. The number of methoxy groups -OCH3 is 2. The summed E-state index contributed by atoms with van der Waals surface area (Å²) in [6, 6.07) is 17.5. The molecule has 8 nitrogen and oxygen atoms in total. The molecule has 0 saturated heterocycles. The maximum Gasteiger partial charge on any atom is 0.336 e. The highest BCUT2D eigenvalue weighted by molar-refractivity contribution is 7.00. The van der Waals surface area contributed by atoms with Crippen LogP contribution in [0.5, 0.6) is 11.5 Å². The van der Waals surface area contributed by atoms with Gasteiger partial charge in [0.05, 0.1) is 31.5 Å². The van der Waals surface area contributed by atoms with Crippen LogP contribution in [0.15, 0.2) is 66.2 Å². The van der Waals surface area contributed by atoms with E-state index in [1.807, 2.05) is 43.3 Å². The highest BCUT2D eigenvalue weighted by Crippen LogP contribution is 2.32. The molecule has 1 heterocycles. The number of anilines is 1. The molecule has 4 aromatic rings. The maximum absolute atomic E-state index is 13.9. The summed E-state index contributed by atoms with van der Waals surface area (Å²) >= 11 is 1.05. The summed E-state index contributed by atoms with van der Waals surface area (Å²) in [5, 5.41) is 10.3. The van der Waals surface area contributed by atoms with Crippen molar-refractivity contribution in [3.63, 3.8) is 0 Å². The fourth-order valence-electron chi connectivity index (χ4n) is 3.95. The van der Waals surface area contributed by atoms with Crippen molar-refractivity contribution in [2.45, 2.75) is 6.42 Å². The number of rotatable bonds is 9. The Balaban J connectivity index is 1.92. The summed E-state index contributed by atoms with van der Waals surface area (Å²) < 4.78 is 19.1. The molecule has 1 aromatic heterocycles. The summed E-state index contributed by atoms with van der Waals surface area (Å²) in [7, 11) is 6.83. The molecule has 36 heavy (non-hydrogen) atoms. The Morgan fingerprint density at radius 3 is 2.31 bits per heavy atom. The van der Waals surface area contributed by atoms with Crippen LogP contribution in [0.25, 0.3) is 16.6 Å². The standard InChI is InChI=1S/C27H25N3O5S/c1-30(2)19-7-5-6-16(12-19)13-20(26(31)18-9-11-23(34-3)24(15-18)35-4)25(27(32)33)17-8-10-21-22(14-17)29-36-28-21/h5-12,14-15H,13H2,1-4H3,(H,32,33). The first-order valence-electron chi connectivity index (χ1n) is 11.0. The van der Waals surface area contributed by atoms with Crippen molar-refractivity contribution in [1.29, 1.82) is 0 Å². The van der Waals surface area contributed by atoms with Crippen molar-refractivity contribution in [3.05, 3.63) is 82.9 Å². The van der Waals surface area contributed by atoms with Gasteiger partial charge in [0.15, 0.2) is 17.3 Å². The molecule has 1 N–H and O–H groups in total. The molecule has 0 radical (unpaired) electrons. The second kappa shape index (κ2) is 10.6. The molecular weight excluding hydrogens is 478 g/mol. The number of ether oxygens (including phenoxy) is 2. The lowest BCUT2D eigenvalue weighted by atomic mass is 9.89. The molecule has 0 atom stereocenters. The van der Waals surface area contributed by atoms with Crippen molar-refractivity contribution in [2.24, 2.45) is 0 Å². The fourth-order valence-corrected chi connectivity index (χ4v) is 4.46. The quantitative estimate of drug-likeness (QED) is 0.258. The van der Waals surface area contributed by atoms with Crippen molar-refractivity contribution in [2.75, 3.05) is 33.2 Å². The van der Waals surface area contributed by atoms with Crippen molar-refractivity contribution in [3.8, 4) is 11.5 Å². The second-order valence-corrected chi connectivity index (χ2v) is 8.79. The topological polar surface area (TPSA) is 102 Å². The van der Waals surface area contributed by atoms with Gasteiger partial charge in [0.2, 0.25) is 0 Å². The number of aliphatic carboxylic acids is 1. The van der Waals surface area contributed by atoms with E-state index in [0.717, 1.165) is 23.0 Å². The minimum Gasteiger partial charge on any atom is -0.493 e. The molecule has 3 aromatic carbocycles. The Bertz CT molecular complexity index is 1480. The maximum atomic E-state index is 13.9. The zero-order valence-electron chi connectivity index (χ0n) is 20.3. The Labute approximate surface area is 212 Å². The van der Waals surface area contributed by atoms with Crippen LogP contribution in [0.2, 0.25) is 0 Å². The number of nitrogens with zero attached hydrogens (tertiary/aromatic N) is 3. The highest BCUT2D eigenvalue weighted by Gasteiger charge is 2.25. The summed E-state index contributed by atoms with van der Waals surface area (Å²) in [6.45, 7) is 0. The number of fused-ring (bicyclic) bond motifs is 1. The molecule has 0 saturated carbocycles. The van der Waals surface area contributed by atoms with Crippen LogP contribution < -0.4 is 14.4 Å². The van der Waals surface area contributed by atoms with Crippen LogP contribution in [-0.4, -0.2) is 53.9 Å². The average Bonchev–Trinajstić information content (AvgIpc) is 3.35. The van der Waals surface area contributed by atoms with Gasteiger partial charge in [0.25, 0.3) is 0 Å². The number of hydrogen-bond donors (Lipinski definition) is 1. The van der Waals surface area contributed by atoms with E-state index >= 15 is 0 Å².